The second kappa shape index (κ2) is 4.96. The molecule has 3 nitrogen and oxygen atoms in total. The van der Waals surface area contributed by atoms with Crippen LogP contribution in [0.2, 0.25) is 10.0 Å². The Morgan fingerprint density at radius 3 is 2.13 bits per heavy atom. The van der Waals surface area contributed by atoms with Crippen molar-refractivity contribution in [2.24, 2.45) is 5.73 Å². The van der Waals surface area contributed by atoms with Gasteiger partial charge in [-0.25, -0.2) is 0 Å². The first kappa shape index (κ1) is 11.8. The van der Waals surface area contributed by atoms with Crippen LogP contribution in [0.4, 0.5) is 0 Å². The van der Waals surface area contributed by atoms with Gasteiger partial charge in [-0.3, -0.25) is 9.59 Å². The number of ketones is 1. The first-order valence-electron chi connectivity index (χ1n) is 3.98. The van der Waals surface area contributed by atoms with Gasteiger partial charge >= 0.3 is 0 Å². The number of nitrogens with two attached hydrogens (primary N) is 1. The van der Waals surface area contributed by atoms with Gasteiger partial charge in [-0.05, 0) is 18.2 Å². The number of rotatable bonds is 3. The lowest BCUT2D eigenvalue weighted by atomic mass is 10.1. The molecular weight excluding hydrogens is 237 g/mol. The molecule has 0 aliphatic rings. The molecule has 2 N–H and O–H groups in total. The van der Waals surface area contributed by atoms with Gasteiger partial charge in [0.2, 0.25) is 5.91 Å². The average molecular weight is 244 g/mol. The molecule has 0 radical (unpaired) electrons. The van der Waals surface area contributed by atoms with Crippen LogP contribution >= 0.6 is 23.2 Å². The van der Waals surface area contributed by atoms with Crippen molar-refractivity contribution < 1.29 is 9.59 Å². The molecule has 5 heteroatoms. The third-order valence-corrected chi connectivity index (χ3v) is 2.24. The highest BCUT2D eigenvalue weighted by molar-refractivity contribution is 6.40. The molecule has 0 fully saturated rings. The van der Waals surface area contributed by atoms with Crippen LogP contribution in [0.25, 0.3) is 0 Å². The Hall–Kier alpha value is -1.32. The minimum atomic E-state index is -0.702. The van der Waals surface area contributed by atoms with Crippen LogP contribution in [0, 0.1) is 0 Å². The van der Waals surface area contributed by atoms with Gasteiger partial charge in [-0.1, -0.05) is 29.3 Å². The summed E-state index contributed by atoms with van der Waals surface area (Å²) >= 11 is 11.6. The summed E-state index contributed by atoms with van der Waals surface area (Å²) in [5.74, 6) is -1.16. The standard InChI is InChI=1S/C10H7Cl2NO2/c11-6-2-1-3-7(12)10(6)8(14)4-5-9(13)15/h1-5H,(H2,13,15)/b5-4-. The van der Waals surface area contributed by atoms with E-state index < -0.39 is 11.7 Å². The molecule has 1 aromatic carbocycles. The van der Waals surface area contributed by atoms with Gasteiger partial charge < -0.3 is 5.73 Å². The Balaban J connectivity index is 3.06. The van der Waals surface area contributed by atoms with Crippen LogP contribution < -0.4 is 5.73 Å². The first-order valence-corrected chi connectivity index (χ1v) is 4.74. The summed E-state index contributed by atoms with van der Waals surface area (Å²) in [5.41, 5.74) is 5.02. The average Bonchev–Trinajstić information content (AvgIpc) is 2.14. The monoisotopic (exact) mass is 243 g/mol. The van der Waals surface area contributed by atoms with E-state index >= 15 is 0 Å². The maximum Gasteiger partial charge on any atom is 0.241 e. The normalized spacial score (nSPS) is 10.5. The lowest BCUT2D eigenvalue weighted by molar-refractivity contribution is -0.113. The summed E-state index contributed by atoms with van der Waals surface area (Å²) in [5, 5.41) is 0.475. The summed E-state index contributed by atoms with van der Waals surface area (Å²) in [6, 6.07) is 4.71. The largest absolute Gasteiger partial charge is 0.366 e. The molecule has 78 valence electrons. The zero-order chi connectivity index (χ0) is 11.4. The quantitative estimate of drug-likeness (QED) is 0.654. The van der Waals surface area contributed by atoms with Gasteiger partial charge in [0.15, 0.2) is 5.78 Å². The Morgan fingerprint density at radius 2 is 1.67 bits per heavy atom. The molecule has 1 rings (SSSR count). The highest BCUT2D eigenvalue weighted by Crippen LogP contribution is 2.24. The fourth-order valence-corrected chi connectivity index (χ4v) is 1.56. The van der Waals surface area contributed by atoms with Crippen LogP contribution in [0.5, 0.6) is 0 Å². The van der Waals surface area contributed by atoms with E-state index in [-0.39, 0.29) is 15.6 Å². The number of allylic oxidation sites excluding steroid dienone is 1. The number of carbonyl (C=O) groups is 2. The number of hydrogen-bond acceptors (Lipinski definition) is 2. The molecule has 0 bridgehead atoms. The fourth-order valence-electron chi connectivity index (χ4n) is 0.974. The maximum atomic E-state index is 11.5. The molecule has 0 spiro atoms. The van der Waals surface area contributed by atoms with Crippen molar-refractivity contribution in [3.63, 3.8) is 0 Å². The van der Waals surface area contributed by atoms with E-state index in [9.17, 15) is 9.59 Å². The zero-order valence-corrected chi connectivity index (χ0v) is 9.05. The second-order valence-corrected chi connectivity index (χ2v) is 3.51. The van der Waals surface area contributed by atoms with Gasteiger partial charge in [-0.2, -0.15) is 0 Å². The minimum absolute atomic E-state index is 0.165. The minimum Gasteiger partial charge on any atom is -0.366 e. The van der Waals surface area contributed by atoms with E-state index in [4.69, 9.17) is 28.9 Å². The molecule has 0 atom stereocenters. The van der Waals surface area contributed by atoms with Crippen molar-refractivity contribution in [3.8, 4) is 0 Å². The van der Waals surface area contributed by atoms with Gasteiger partial charge in [-0.15, -0.1) is 0 Å². The van der Waals surface area contributed by atoms with Crippen molar-refractivity contribution >= 4 is 34.9 Å². The zero-order valence-electron chi connectivity index (χ0n) is 7.54. The summed E-state index contributed by atoms with van der Waals surface area (Å²) in [6.45, 7) is 0. The third kappa shape index (κ3) is 3.08. The SMILES string of the molecule is NC(=O)/C=C\C(=O)c1c(Cl)cccc1Cl. The van der Waals surface area contributed by atoms with Crippen molar-refractivity contribution in [1.82, 2.24) is 0 Å². The molecule has 0 aromatic heterocycles. The predicted octanol–water partition coefficient (Wildman–Crippen LogP) is 2.22. The van der Waals surface area contributed by atoms with Crippen molar-refractivity contribution in [2.45, 2.75) is 0 Å². The lowest BCUT2D eigenvalue weighted by Crippen LogP contribution is -2.07. The van der Waals surface area contributed by atoms with E-state index in [2.05, 4.69) is 0 Å². The Bertz CT molecular complexity index is 421. The number of primary amides is 1. The molecule has 0 saturated carbocycles. The van der Waals surface area contributed by atoms with E-state index in [0.29, 0.717) is 0 Å². The summed E-state index contributed by atoms with van der Waals surface area (Å²) in [4.78, 5) is 21.9. The van der Waals surface area contributed by atoms with Gasteiger partial charge in [0.1, 0.15) is 0 Å². The third-order valence-electron chi connectivity index (χ3n) is 1.61. The van der Waals surface area contributed by atoms with Gasteiger partial charge in [0, 0.05) is 6.08 Å². The van der Waals surface area contributed by atoms with Crippen molar-refractivity contribution in [1.29, 1.82) is 0 Å². The topological polar surface area (TPSA) is 60.2 Å². The van der Waals surface area contributed by atoms with Crippen LogP contribution in [0.1, 0.15) is 10.4 Å². The molecular formula is C10H7Cl2NO2. The van der Waals surface area contributed by atoms with E-state index in [0.717, 1.165) is 12.2 Å². The molecule has 1 amide bonds. The Kier molecular flexibility index (Phi) is 3.88. The lowest BCUT2D eigenvalue weighted by Gasteiger charge is -2.01. The molecule has 0 aliphatic heterocycles. The summed E-state index contributed by atoms with van der Waals surface area (Å²) in [6.07, 6.45) is 2.00. The summed E-state index contributed by atoms with van der Waals surface area (Å²) in [7, 11) is 0. The van der Waals surface area contributed by atoms with Crippen molar-refractivity contribution in [2.75, 3.05) is 0 Å². The van der Waals surface area contributed by atoms with Crippen LogP contribution in [-0.4, -0.2) is 11.7 Å². The van der Waals surface area contributed by atoms with E-state index in [1.807, 2.05) is 0 Å². The van der Waals surface area contributed by atoms with Gasteiger partial charge in [0.25, 0.3) is 0 Å². The molecule has 1 aromatic rings. The fraction of sp³-hybridized carbons (Fsp3) is 0. The number of carbonyl (C=O) groups excluding carboxylic acids is 2. The second-order valence-electron chi connectivity index (χ2n) is 2.70. The molecule has 15 heavy (non-hydrogen) atoms. The Morgan fingerprint density at radius 1 is 1.13 bits per heavy atom. The maximum absolute atomic E-state index is 11.5. The van der Waals surface area contributed by atoms with E-state index in [1.54, 1.807) is 18.2 Å². The van der Waals surface area contributed by atoms with Crippen LogP contribution in [-0.2, 0) is 4.79 Å². The molecule has 0 unspecified atom stereocenters. The van der Waals surface area contributed by atoms with Crippen LogP contribution in [0.3, 0.4) is 0 Å². The Labute approximate surface area is 96.5 Å². The van der Waals surface area contributed by atoms with Crippen molar-refractivity contribution in [3.05, 3.63) is 46.0 Å². The van der Waals surface area contributed by atoms with E-state index in [1.165, 1.54) is 0 Å². The van der Waals surface area contributed by atoms with Gasteiger partial charge in [0.05, 0.1) is 15.6 Å². The molecule has 0 aliphatic carbocycles. The first-order chi connectivity index (χ1) is 7.02. The number of hydrogen-bond donors (Lipinski definition) is 1. The highest BCUT2D eigenvalue weighted by atomic mass is 35.5. The number of halogens is 2. The predicted molar refractivity (Wildman–Crippen MR) is 59.1 cm³/mol. The molecule has 0 heterocycles. The van der Waals surface area contributed by atoms with Crippen LogP contribution in [0.15, 0.2) is 30.4 Å². The number of benzene rings is 1. The molecule has 0 saturated heterocycles. The smallest absolute Gasteiger partial charge is 0.241 e. The highest BCUT2D eigenvalue weighted by Gasteiger charge is 2.11. The number of amides is 1. The summed E-state index contributed by atoms with van der Waals surface area (Å²) < 4.78 is 0.